The van der Waals surface area contributed by atoms with E-state index in [1.54, 1.807) is 6.92 Å². The number of hydrogen-bond donors (Lipinski definition) is 0. The highest BCUT2D eigenvalue weighted by molar-refractivity contribution is 5.68. The Morgan fingerprint density at radius 3 is 2.73 bits per heavy atom. The second-order valence-electron chi connectivity index (χ2n) is 3.58. The second kappa shape index (κ2) is 5.39. The first-order chi connectivity index (χ1) is 7.13. The van der Waals surface area contributed by atoms with E-state index in [0.717, 1.165) is 11.3 Å². The number of carbonyl (C=O) groups excluding carboxylic acids is 1. The summed E-state index contributed by atoms with van der Waals surface area (Å²) in [6.07, 6.45) is 0.424. The fraction of sp³-hybridized carbons (Fsp3) is 0.417. The smallest absolute Gasteiger partial charge is 0.305 e. The molecule has 0 bridgehead atoms. The maximum Gasteiger partial charge on any atom is 0.305 e. The molecule has 0 aliphatic heterocycles. The molecule has 0 aliphatic carbocycles. The Labute approximate surface area is 90.7 Å². The third-order valence-electron chi connectivity index (χ3n) is 2.12. The molecule has 1 aromatic carbocycles. The molecule has 15 heavy (non-hydrogen) atoms. The molecule has 0 atom stereocenters. The molecule has 3 nitrogen and oxygen atoms in total. The van der Waals surface area contributed by atoms with Crippen LogP contribution in [0.3, 0.4) is 0 Å². The van der Waals surface area contributed by atoms with Crippen molar-refractivity contribution in [3.8, 4) is 0 Å². The van der Waals surface area contributed by atoms with E-state index in [-0.39, 0.29) is 5.97 Å². The molecular weight excluding hydrogens is 190 g/mol. The van der Waals surface area contributed by atoms with Gasteiger partial charge in [0, 0.05) is 26.2 Å². The summed E-state index contributed by atoms with van der Waals surface area (Å²) in [6.45, 7) is 2.15. The van der Waals surface area contributed by atoms with Gasteiger partial charge in [-0.2, -0.15) is 0 Å². The SMILES string of the molecule is CCC(=O)OCc1cccc(N(C)C)c1. The monoisotopic (exact) mass is 207 g/mol. The van der Waals surface area contributed by atoms with Crippen molar-refractivity contribution in [2.24, 2.45) is 0 Å². The van der Waals surface area contributed by atoms with Crippen molar-refractivity contribution < 1.29 is 9.53 Å². The summed E-state index contributed by atoms with van der Waals surface area (Å²) in [5.41, 5.74) is 2.13. The summed E-state index contributed by atoms with van der Waals surface area (Å²) in [5, 5.41) is 0. The summed E-state index contributed by atoms with van der Waals surface area (Å²) in [6, 6.07) is 7.95. The molecule has 0 aromatic heterocycles. The van der Waals surface area contributed by atoms with Gasteiger partial charge in [-0.15, -0.1) is 0 Å². The van der Waals surface area contributed by atoms with E-state index in [1.807, 2.05) is 43.3 Å². The van der Waals surface area contributed by atoms with Crippen LogP contribution in [0.5, 0.6) is 0 Å². The first-order valence-electron chi connectivity index (χ1n) is 5.05. The summed E-state index contributed by atoms with van der Waals surface area (Å²) in [7, 11) is 3.97. The quantitative estimate of drug-likeness (QED) is 0.709. The molecule has 0 amide bonds. The van der Waals surface area contributed by atoms with Crippen LogP contribution in [-0.2, 0) is 16.1 Å². The summed E-state index contributed by atoms with van der Waals surface area (Å²) >= 11 is 0. The molecule has 0 N–H and O–H groups in total. The van der Waals surface area contributed by atoms with Crippen LogP contribution in [0.2, 0.25) is 0 Å². The second-order valence-corrected chi connectivity index (χ2v) is 3.58. The topological polar surface area (TPSA) is 29.5 Å². The van der Waals surface area contributed by atoms with Gasteiger partial charge in [-0.05, 0) is 17.7 Å². The van der Waals surface area contributed by atoms with Crippen LogP contribution >= 0.6 is 0 Å². The number of anilines is 1. The van der Waals surface area contributed by atoms with Crippen molar-refractivity contribution in [2.45, 2.75) is 20.0 Å². The number of hydrogen-bond acceptors (Lipinski definition) is 3. The van der Waals surface area contributed by atoms with Crippen LogP contribution in [-0.4, -0.2) is 20.1 Å². The lowest BCUT2D eigenvalue weighted by Crippen LogP contribution is -2.09. The highest BCUT2D eigenvalue weighted by Gasteiger charge is 2.01. The minimum absolute atomic E-state index is 0.162. The molecular formula is C12H17NO2. The molecule has 0 saturated carbocycles. The Bertz CT molecular complexity index is 334. The van der Waals surface area contributed by atoms with E-state index in [9.17, 15) is 4.79 Å². The molecule has 0 saturated heterocycles. The van der Waals surface area contributed by atoms with Gasteiger partial charge < -0.3 is 9.64 Å². The highest BCUT2D eigenvalue weighted by atomic mass is 16.5. The van der Waals surface area contributed by atoms with Gasteiger partial charge >= 0.3 is 5.97 Å². The van der Waals surface area contributed by atoms with E-state index < -0.39 is 0 Å². The lowest BCUT2D eigenvalue weighted by molar-refractivity contribution is -0.144. The Hall–Kier alpha value is -1.51. The first kappa shape index (κ1) is 11.6. The normalized spacial score (nSPS) is 9.80. The van der Waals surface area contributed by atoms with E-state index in [4.69, 9.17) is 4.74 Å². The minimum Gasteiger partial charge on any atom is -0.461 e. The number of rotatable bonds is 4. The zero-order valence-corrected chi connectivity index (χ0v) is 9.49. The first-order valence-corrected chi connectivity index (χ1v) is 5.05. The molecule has 1 aromatic rings. The van der Waals surface area contributed by atoms with Gasteiger partial charge in [-0.3, -0.25) is 4.79 Å². The highest BCUT2D eigenvalue weighted by Crippen LogP contribution is 2.14. The van der Waals surface area contributed by atoms with Crippen molar-refractivity contribution >= 4 is 11.7 Å². The molecule has 0 heterocycles. The maximum atomic E-state index is 11.0. The molecule has 82 valence electrons. The van der Waals surface area contributed by atoms with Gasteiger partial charge in [0.1, 0.15) is 6.61 Å². The van der Waals surface area contributed by atoms with E-state index in [0.29, 0.717) is 13.0 Å². The predicted octanol–water partition coefficient (Wildman–Crippen LogP) is 2.21. The van der Waals surface area contributed by atoms with Gasteiger partial charge in [-0.25, -0.2) is 0 Å². The average molecular weight is 207 g/mol. The standard InChI is InChI=1S/C12H17NO2/c1-4-12(14)15-9-10-6-5-7-11(8-10)13(2)3/h5-8H,4,9H2,1-3H3. The molecule has 0 spiro atoms. The van der Waals surface area contributed by atoms with Crippen molar-refractivity contribution in [2.75, 3.05) is 19.0 Å². The summed E-state index contributed by atoms with van der Waals surface area (Å²) in [5.74, 6) is -0.162. The number of esters is 1. The lowest BCUT2D eigenvalue weighted by atomic mass is 10.2. The van der Waals surface area contributed by atoms with Crippen LogP contribution in [0, 0.1) is 0 Å². The van der Waals surface area contributed by atoms with Crippen molar-refractivity contribution in [1.29, 1.82) is 0 Å². The van der Waals surface area contributed by atoms with Crippen molar-refractivity contribution in [1.82, 2.24) is 0 Å². The molecule has 0 fully saturated rings. The zero-order chi connectivity index (χ0) is 11.3. The Morgan fingerprint density at radius 1 is 1.40 bits per heavy atom. The van der Waals surface area contributed by atoms with E-state index in [2.05, 4.69) is 0 Å². The lowest BCUT2D eigenvalue weighted by Gasteiger charge is -2.13. The van der Waals surface area contributed by atoms with Crippen LogP contribution in [0.4, 0.5) is 5.69 Å². The third-order valence-corrected chi connectivity index (χ3v) is 2.12. The van der Waals surface area contributed by atoms with Crippen LogP contribution in [0.1, 0.15) is 18.9 Å². The Kier molecular flexibility index (Phi) is 4.16. The molecule has 3 heteroatoms. The predicted molar refractivity (Wildman–Crippen MR) is 60.9 cm³/mol. The number of carbonyl (C=O) groups is 1. The van der Waals surface area contributed by atoms with Gasteiger partial charge in [0.2, 0.25) is 0 Å². The van der Waals surface area contributed by atoms with Crippen molar-refractivity contribution in [3.63, 3.8) is 0 Å². The Balaban J connectivity index is 2.61. The fourth-order valence-electron chi connectivity index (χ4n) is 1.19. The largest absolute Gasteiger partial charge is 0.461 e. The third kappa shape index (κ3) is 3.62. The number of benzene rings is 1. The average Bonchev–Trinajstić information content (AvgIpc) is 2.26. The van der Waals surface area contributed by atoms with Gasteiger partial charge in [-0.1, -0.05) is 19.1 Å². The van der Waals surface area contributed by atoms with Crippen LogP contribution < -0.4 is 4.90 Å². The summed E-state index contributed by atoms with van der Waals surface area (Å²) < 4.78 is 5.05. The van der Waals surface area contributed by atoms with Crippen LogP contribution in [0.25, 0.3) is 0 Å². The molecule has 0 radical (unpaired) electrons. The summed E-state index contributed by atoms with van der Waals surface area (Å²) in [4.78, 5) is 13.0. The fourth-order valence-corrected chi connectivity index (χ4v) is 1.19. The number of nitrogens with zero attached hydrogens (tertiary/aromatic N) is 1. The van der Waals surface area contributed by atoms with Crippen LogP contribution in [0.15, 0.2) is 24.3 Å². The van der Waals surface area contributed by atoms with Crippen molar-refractivity contribution in [3.05, 3.63) is 29.8 Å². The van der Waals surface area contributed by atoms with Gasteiger partial charge in [0.25, 0.3) is 0 Å². The van der Waals surface area contributed by atoms with Gasteiger partial charge in [0.15, 0.2) is 0 Å². The molecule has 1 rings (SSSR count). The van der Waals surface area contributed by atoms with E-state index in [1.165, 1.54) is 0 Å². The zero-order valence-electron chi connectivity index (χ0n) is 9.49. The molecule has 0 unspecified atom stereocenters. The van der Waals surface area contributed by atoms with E-state index >= 15 is 0 Å². The Morgan fingerprint density at radius 2 is 2.13 bits per heavy atom. The van der Waals surface area contributed by atoms with Gasteiger partial charge in [0.05, 0.1) is 0 Å². The minimum atomic E-state index is -0.162. The number of ether oxygens (including phenoxy) is 1. The molecule has 0 aliphatic rings. The maximum absolute atomic E-state index is 11.0.